The van der Waals surface area contributed by atoms with Gasteiger partial charge in [0.2, 0.25) is 5.91 Å². The van der Waals surface area contributed by atoms with E-state index in [0.717, 1.165) is 38.5 Å². The number of carbonyl (C=O) groups is 1. The van der Waals surface area contributed by atoms with Crippen molar-refractivity contribution < 1.29 is 39.8 Å². The molecule has 0 bridgehead atoms. The van der Waals surface area contributed by atoms with E-state index in [-0.39, 0.29) is 12.5 Å². The van der Waals surface area contributed by atoms with Crippen LogP contribution >= 0.6 is 0 Å². The molecule has 1 fully saturated rings. The van der Waals surface area contributed by atoms with Gasteiger partial charge in [0.25, 0.3) is 0 Å². The second-order valence-electron chi connectivity index (χ2n) is 22.2. The topological polar surface area (TPSA) is 149 Å². The Morgan fingerprint density at radius 3 is 1.01 bits per heavy atom. The zero-order valence-corrected chi connectivity index (χ0v) is 46.6. The van der Waals surface area contributed by atoms with Crippen LogP contribution in [0.5, 0.6) is 0 Å². The minimum absolute atomic E-state index is 0.131. The van der Waals surface area contributed by atoms with E-state index in [4.69, 9.17) is 9.47 Å². The molecule has 0 aliphatic carbocycles. The summed E-state index contributed by atoms with van der Waals surface area (Å²) in [6, 6.07) is -0.714. The van der Waals surface area contributed by atoms with Gasteiger partial charge in [0.15, 0.2) is 6.29 Å². The van der Waals surface area contributed by atoms with Gasteiger partial charge in [0.1, 0.15) is 24.4 Å². The van der Waals surface area contributed by atoms with Gasteiger partial charge in [-0.3, -0.25) is 4.79 Å². The predicted molar refractivity (Wildman–Crippen MR) is 295 cm³/mol. The monoisotopic (exact) mass is 996 g/mol. The fourth-order valence-electron chi connectivity index (χ4n) is 10.5. The zero-order chi connectivity index (χ0) is 50.8. The summed E-state index contributed by atoms with van der Waals surface area (Å²) in [4.78, 5) is 13.1. The van der Waals surface area contributed by atoms with Gasteiger partial charge in [-0.05, 0) is 12.8 Å². The SMILES string of the molecule is CCCCCCCCCCCCCCCCCCCCCCCCCCCCCCCC(O)C(COC1OC(CO)C(O)C(O)C1O)NC(=O)CCCCCCCCCCCCCCCCCCCC. The molecule has 9 nitrogen and oxygen atoms in total. The molecule has 6 N–H and O–H groups in total. The zero-order valence-electron chi connectivity index (χ0n) is 46.6. The number of hydrogen-bond donors (Lipinski definition) is 6. The van der Waals surface area contributed by atoms with E-state index in [2.05, 4.69) is 19.2 Å². The van der Waals surface area contributed by atoms with E-state index >= 15 is 0 Å². The second kappa shape index (κ2) is 51.7. The molecule has 9 heteroatoms. The third-order valence-corrected chi connectivity index (χ3v) is 15.5. The Labute approximate surface area is 434 Å². The van der Waals surface area contributed by atoms with Crippen LogP contribution in [-0.2, 0) is 14.3 Å². The van der Waals surface area contributed by atoms with Crippen molar-refractivity contribution in [1.82, 2.24) is 5.32 Å². The molecule has 418 valence electrons. The van der Waals surface area contributed by atoms with Crippen LogP contribution in [0.2, 0.25) is 0 Å². The quantitative estimate of drug-likeness (QED) is 0.0330. The van der Waals surface area contributed by atoms with E-state index in [1.807, 2.05) is 0 Å². The number of ether oxygens (including phenoxy) is 2. The average molecular weight is 997 g/mol. The normalized spacial score (nSPS) is 19.2. The fraction of sp³-hybridized carbons (Fsp3) is 0.984. The Bertz CT molecular complexity index is 1060. The second-order valence-corrected chi connectivity index (χ2v) is 22.2. The van der Waals surface area contributed by atoms with E-state index in [1.165, 1.54) is 263 Å². The summed E-state index contributed by atoms with van der Waals surface area (Å²) in [6.07, 6.45) is 55.8. The van der Waals surface area contributed by atoms with E-state index in [0.29, 0.717) is 12.8 Å². The first-order chi connectivity index (χ1) is 34.3. The van der Waals surface area contributed by atoms with Crippen molar-refractivity contribution >= 4 is 5.91 Å². The molecule has 7 unspecified atom stereocenters. The number of aliphatic hydroxyl groups excluding tert-OH is 5. The number of nitrogens with one attached hydrogen (secondary N) is 1. The van der Waals surface area contributed by atoms with Gasteiger partial charge >= 0.3 is 0 Å². The van der Waals surface area contributed by atoms with Crippen molar-refractivity contribution in [2.24, 2.45) is 0 Å². The highest BCUT2D eigenvalue weighted by molar-refractivity contribution is 5.76. The molecule has 0 aromatic rings. The van der Waals surface area contributed by atoms with Gasteiger partial charge in [-0.1, -0.05) is 309 Å². The highest BCUT2D eigenvalue weighted by Crippen LogP contribution is 2.24. The van der Waals surface area contributed by atoms with Crippen molar-refractivity contribution in [3.8, 4) is 0 Å². The predicted octanol–water partition coefficient (Wildman–Crippen LogP) is 15.8. The maximum atomic E-state index is 13.1. The smallest absolute Gasteiger partial charge is 0.220 e. The molecule has 1 aliphatic heterocycles. The molecule has 1 saturated heterocycles. The van der Waals surface area contributed by atoms with Gasteiger partial charge in [0.05, 0.1) is 25.4 Å². The van der Waals surface area contributed by atoms with Crippen LogP contribution in [0.1, 0.15) is 328 Å². The van der Waals surface area contributed by atoms with Crippen LogP contribution in [0.25, 0.3) is 0 Å². The average Bonchev–Trinajstić information content (AvgIpc) is 3.36. The number of amides is 1. The molecule has 1 rings (SSSR count). The van der Waals surface area contributed by atoms with Crippen molar-refractivity contribution in [3.63, 3.8) is 0 Å². The Balaban J connectivity index is 2.13. The van der Waals surface area contributed by atoms with E-state index < -0.39 is 49.5 Å². The van der Waals surface area contributed by atoms with Crippen molar-refractivity contribution in [2.75, 3.05) is 13.2 Å². The lowest BCUT2D eigenvalue weighted by atomic mass is 9.99. The highest BCUT2D eigenvalue weighted by Gasteiger charge is 2.44. The summed E-state index contributed by atoms with van der Waals surface area (Å²) in [5, 5.41) is 54.8. The van der Waals surface area contributed by atoms with Crippen LogP contribution in [-0.4, -0.2) is 87.5 Å². The third-order valence-electron chi connectivity index (χ3n) is 15.5. The third kappa shape index (κ3) is 40.6. The molecule has 0 spiro atoms. The van der Waals surface area contributed by atoms with Crippen LogP contribution in [0.15, 0.2) is 0 Å². The lowest BCUT2D eigenvalue weighted by Gasteiger charge is -2.40. The minimum atomic E-state index is -1.55. The first-order valence-electron chi connectivity index (χ1n) is 31.2. The lowest BCUT2D eigenvalue weighted by molar-refractivity contribution is -0.302. The Kier molecular flexibility index (Phi) is 49.6. The van der Waals surface area contributed by atoms with Crippen LogP contribution in [0, 0.1) is 0 Å². The maximum Gasteiger partial charge on any atom is 0.220 e. The summed E-state index contributed by atoms with van der Waals surface area (Å²) in [5.41, 5.74) is 0. The Morgan fingerprint density at radius 1 is 0.429 bits per heavy atom. The van der Waals surface area contributed by atoms with Crippen molar-refractivity contribution in [1.29, 1.82) is 0 Å². The molecule has 0 saturated carbocycles. The van der Waals surface area contributed by atoms with Gasteiger partial charge in [-0.25, -0.2) is 0 Å². The Morgan fingerprint density at radius 2 is 0.714 bits per heavy atom. The van der Waals surface area contributed by atoms with Crippen molar-refractivity contribution in [3.05, 3.63) is 0 Å². The molecule has 0 radical (unpaired) electrons. The van der Waals surface area contributed by atoms with Crippen LogP contribution in [0.3, 0.4) is 0 Å². The van der Waals surface area contributed by atoms with Crippen molar-refractivity contribution in [2.45, 2.75) is 371 Å². The summed E-state index contributed by atoms with van der Waals surface area (Å²) in [7, 11) is 0. The number of rotatable bonds is 55. The summed E-state index contributed by atoms with van der Waals surface area (Å²) in [6.45, 7) is 3.89. The first kappa shape index (κ1) is 67.2. The van der Waals surface area contributed by atoms with E-state index in [1.54, 1.807) is 0 Å². The number of aliphatic hydroxyl groups is 5. The molecular formula is C61H121NO8. The summed E-state index contributed by atoms with van der Waals surface area (Å²) < 4.78 is 11.3. The molecule has 70 heavy (non-hydrogen) atoms. The van der Waals surface area contributed by atoms with Crippen LogP contribution in [0.4, 0.5) is 0 Å². The molecule has 1 heterocycles. The first-order valence-corrected chi connectivity index (χ1v) is 31.2. The standard InChI is InChI=1S/C61H121NO8/c1-3-5-7-9-11-13-15-17-19-21-23-24-25-26-27-28-29-30-31-32-33-34-36-38-40-42-44-46-48-50-55(64)54(53-69-61-60(68)59(67)58(66)56(52-63)70-61)62-57(65)51-49-47-45-43-41-39-37-35-22-20-18-16-14-12-10-8-6-4-2/h54-56,58-61,63-64,66-68H,3-53H2,1-2H3,(H,62,65). The number of carbonyl (C=O) groups excluding carboxylic acids is 1. The van der Waals surface area contributed by atoms with Gasteiger partial charge in [-0.15, -0.1) is 0 Å². The highest BCUT2D eigenvalue weighted by atomic mass is 16.7. The number of hydrogen-bond acceptors (Lipinski definition) is 8. The van der Waals surface area contributed by atoms with Gasteiger partial charge in [0, 0.05) is 6.42 Å². The summed E-state index contributed by atoms with van der Waals surface area (Å²) >= 11 is 0. The van der Waals surface area contributed by atoms with Gasteiger partial charge < -0.3 is 40.3 Å². The fourth-order valence-corrected chi connectivity index (χ4v) is 10.5. The maximum absolute atomic E-state index is 13.1. The number of unbranched alkanes of at least 4 members (excludes halogenated alkanes) is 45. The molecule has 7 atom stereocenters. The largest absolute Gasteiger partial charge is 0.394 e. The molecule has 0 aromatic carbocycles. The summed E-state index contributed by atoms with van der Waals surface area (Å²) in [5.74, 6) is -0.136. The Hall–Kier alpha value is -0.810. The lowest BCUT2D eigenvalue weighted by Crippen LogP contribution is -2.60. The molecule has 1 amide bonds. The van der Waals surface area contributed by atoms with Gasteiger partial charge in [-0.2, -0.15) is 0 Å². The minimum Gasteiger partial charge on any atom is -0.394 e. The molecule has 0 aromatic heterocycles. The van der Waals surface area contributed by atoms with E-state index in [9.17, 15) is 30.3 Å². The molecule has 1 aliphatic rings. The van der Waals surface area contributed by atoms with Crippen LogP contribution < -0.4 is 5.32 Å². The molecular weight excluding hydrogens is 875 g/mol.